The lowest BCUT2D eigenvalue weighted by molar-refractivity contribution is -0.298. The first-order valence-electron chi connectivity index (χ1n) is 7.24. The van der Waals surface area contributed by atoms with E-state index in [1.165, 1.54) is 0 Å². The number of benzene rings is 1. The monoisotopic (exact) mass is 344 g/mol. The van der Waals surface area contributed by atoms with E-state index in [4.69, 9.17) is 31.2 Å². The molecule has 1 heterocycles. The topological polar surface area (TPSA) is 97.6 Å². The van der Waals surface area contributed by atoms with Crippen molar-refractivity contribution in [3.63, 3.8) is 0 Å². The molecule has 0 radical (unpaired) electrons. The standard InChI is InChI=1S/C15H20O7S/c1-2-19-14-12(18)13(11(17)10(8-16)21-14)22-15(23)20-9-6-4-3-5-7-9/h3-7,10-14,16-18H,2,8H2,1H3/t10-,11-,12+,13+,14-/m1/s1. The maximum Gasteiger partial charge on any atom is 0.358 e. The van der Waals surface area contributed by atoms with Crippen molar-refractivity contribution in [2.24, 2.45) is 0 Å². The Morgan fingerprint density at radius 3 is 2.52 bits per heavy atom. The molecule has 0 saturated carbocycles. The number of ether oxygens (including phenoxy) is 4. The molecule has 0 aliphatic carbocycles. The molecule has 1 saturated heterocycles. The van der Waals surface area contributed by atoms with Crippen LogP contribution in [-0.2, 0) is 14.2 Å². The highest BCUT2D eigenvalue weighted by Gasteiger charge is 2.47. The van der Waals surface area contributed by atoms with E-state index in [9.17, 15) is 15.3 Å². The second-order valence-electron chi connectivity index (χ2n) is 4.91. The van der Waals surface area contributed by atoms with E-state index in [1.807, 2.05) is 6.07 Å². The van der Waals surface area contributed by atoms with Crippen LogP contribution in [0.3, 0.4) is 0 Å². The average Bonchev–Trinajstić information content (AvgIpc) is 2.55. The van der Waals surface area contributed by atoms with Gasteiger partial charge in [-0.25, -0.2) is 0 Å². The van der Waals surface area contributed by atoms with Gasteiger partial charge in [0.2, 0.25) is 0 Å². The van der Waals surface area contributed by atoms with Gasteiger partial charge in [-0.15, -0.1) is 0 Å². The summed E-state index contributed by atoms with van der Waals surface area (Å²) in [5.41, 5.74) is 0. The van der Waals surface area contributed by atoms with E-state index < -0.39 is 37.3 Å². The highest BCUT2D eigenvalue weighted by atomic mass is 32.1. The van der Waals surface area contributed by atoms with E-state index in [0.29, 0.717) is 5.75 Å². The van der Waals surface area contributed by atoms with Crippen LogP contribution in [0.5, 0.6) is 5.75 Å². The highest BCUT2D eigenvalue weighted by molar-refractivity contribution is 7.79. The minimum Gasteiger partial charge on any atom is -0.447 e. The maximum absolute atomic E-state index is 10.2. The van der Waals surface area contributed by atoms with Gasteiger partial charge >= 0.3 is 5.24 Å². The van der Waals surface area contributed by atoms with Gasteiger partial charge in [0.25, 0.3) is 0 Å². The van der Waals surface area contributed by atoms with Crippen molar-refractivity contribution >= 4 is 17.5 Å². The molecule has 0 bridgehead atoms. The highest BCUT2D eigenvalue weighted by Crippen LogP contribution is 2.25. The van der Waals surface area contributed by atoms with E-state index in [0.717, 1.165) is 0 Å². The summed E-state index contributed by atoms with van der Waals surface area (Å²) in [6, 6.07) is 8.73. The van der Waals surface area contributed by atoms with E-state index >= 15 is 0 Å². The fraction of sp³-hybridized carbons (Fsp3) is 0.533. The smallest absolute Gasteiger partial charge is 0.358 e. The van der Waals surface area contributed by atoms with Crippen LogP contribution in [0.15, 0.2) is 30.3 Å². The third kappa shape index (κ3) is 4.60. The van der Waals surface area contributed by atoms with Gasteiger partial charge in [-0.05, 0) is 19.1 Å². The second kappa shape index (κ2) is 8.53. The molecule has 7 nitrogen and oxygen atoms in total. The molecule has 1 aromatic carbocycles. The summed E-state index contributed by atoms with van der Waals surface area (Å²) in [6.07, 6.45) is -5.72. The molecule has 1 aliphatic heterocycles. The Balaban J connectivity index is 2.03. The normalized spacial score (nSPS) is 30.7. The van der Waals surface area contributed by atoms with E-state index in [1.54, 1.807) is 31.2 Å². The summed E-state index contributed by atoms with van der Waals surface area (Å²) in [4.78, 5) is 0. The van der Waals surface area contributed by atoms with Crippen LogP contribution in [-0.4, -0.2) is 64.5 Å². The number of thiocarbonyl (C=S) groups is 1. The Bertz CT molecular complexity index is 498. The largest absolute Gasteiger partial charge is 0.447 e. The van der Waals surface area contributed by atoms with Crippen LogP contribution >= 0.6 is 12.2 Å². The molecule has 1 aliphatic rings. The number of aliphatic hydroxyl groups is 3. The lowest BCUT2D eigenvalue weighted by Gasteiger charge is -2.41. The number of hydrogen-bond acceptors (Lipinski definition) is 8. The SMILES string of the molecule is CCO[C@@H]1O[C@H](CO)[C@@H](O)[C@H](OC(=S)Oc2ccccc2)[C@@H]1O. The number of hydrogen-bond donors (Lipinski definition) is 3. The number of para-hydroxylation sites is 1. The first-order chi connectivity index (χ1) is 11.1. The van der Waals surface area contributed by atoms with Crippen molar-refractivity contribution < 1.29 is 34.3 Å². The van der Waals surface area contributed by atoms with Crippen LogP contribution in [0.1, 0.15) is 6.92 Å². The van der Waals surface area contributed by atoms with Gasteiger partial charge in [-0.3, -0.25) is 0 Å². The van der Waals surface area contributed by atoms with Crippen molar-refractivity contribution in [1.82, 2.24) is 0 Å². The summed E-state index contributed by atoms with van der Waals surface area (Å²) in [7, 11) is 0. The number of rotatable bonds is 5. The minimum absolute atomic E-state index is 0.256. The quantitative estimate of drug-likeness (QED) is 0.652. The fourth-order valence-electron chi connectivity index (χ4n) is 2.21. The molecule has 2 rings (SSSR count). The van der Waals surface area contributed by atoms with Crippen molar-refractivity contribution in [3.05, 3.63) is 30.3 Å². The number of aliphatic hydroxyl groups excluding tert-OH is 3. The summed E-state index contributed by atoms with van der Waals surface area (Å²) in [6.45, 7) is 1.56. The Morgan fingerprint density at radius 1 is 1.22 bits per heavy atom. The first-order valence-corrected chi connectivity index (χ1v) is 7.65. The molecule has 1 fully saturated rings. The van der Waals surface area contributed by atoms with E-state index in [-0.39, 0.29) is 11.8 Å². The van der Waals surface area contributed by atoms with Gasteiger partial charge in [-0.2, -0.15) is 0 Å². The van der Waals surface area contributed by atoms with Crippen LogP contribution in [0.2, 0.25) is 0 Å². The van der Waals surface area contributed by atoms with Gasteiger partial charge in [-0.1, -0.05) is 18.2 Å². The zero-order valence-corrected chi connectivity index (χ0v) is 13.4. The Labute approximate surface area is 139 Å². The van der Waals surface area contributed by atoms with Gasteiger partial charge in [0, 0.05) is 18.8 Å². The van der Waals surface area contributed by atoms with Crippen molar-refractivity contribution in [3.8, 4) is 5.75 Å². The van der Waals surface area contributed by atoms with Crippen LogP contribution < -0.4 is 4.74 Å². The predicted octanol–water partition coefficient (Wildman–Crippen LogP) is 0.211. The van der Waals surface area contributed by atoms with Crippen molar-refractivity contribution in [1.29, 1.82) is 0 Å². The molecule has 0 amide bonds. The molecule has 3 N–H and O–H groups in total. The lowest BCUT2D eigenvalue weighted by atomic mass is 9.99. The van der Waals surface area contributed by atoms with Gasteiger partial charge in [0.1, 0.15) is 24.1 Å². The van der Waals surface area contributed by atoms with Crippen LogP contribution in [0.4, 0.5) is 0 Å². The Kier molecular flexibility index (Phi) is 6.70. The third-order valence-electron chi connectivity index (χ3n) is 3.33. The van der Waals surface area contributed by atoms with Crippen molar-refractivity contribution in [2.45, 2.75) is 37.6 Å². The van der Waals surface area contributed by atoms with Gasteiger partial charge in [0.15, 0.2) is 12.4 Å². The van der Waals surface area contributed by atoms with Crippen molar-refractivity contribution in [2.75, 3.05) is 13.2 Å². The lowest BCUT2D eigenvalue weighted by Crippen LogP contribution is -2.60. The zero-order chi connectivity index (χ0) is 16.8. The predicted molar refractivity (Wildman–Crippen MR) is 83.9 cm³/mol. The molecule has 8 heteroatoms. The summed E-state index contributed by atoms with van der Waals surface area (Å²) >= 11 is 4.99. The molecular weight excluding hydrogens is 324 g/mol. The Morgan fingerprint density at radius 2 is 1.91 bits per heavy atom. The van der Waals surface area contributed by atoms with Crippen LogP contribution in [0.25, 0.3) is 0 Å². The molecule has 0 unspecified atom stereocenters. The zero-order valence-electron chi connectivity index (χ0n) is 12.6. The maximum atomic E-state index is 10.2. The molecule has 5 atom stereocenters. The summed E-state index contributed by atoms with van der Waals surface area (Å²) < 4.78 is 21.2. The molecule has 23 heavy (non-hydrogen) atoms. The Hall–Kier alpha value is -1.29. The second-order valence-corrected chi connectivity index (χ2v) is 5.24. The molecule has 128 valence electrons. The average molecular weight is 344 g/mol. The third-order valence-corrected chi connectivity index (χ3v) is 3.51. The fourth-order valence-corrected chi connectivity index (χ4v) is 2.42. The van der Waals surface area contributed by atoms with Gasteiger partial charge in [0.05, 0.1) is 6.61 Å². The molecule has 0 aromatic heterocycles. The first kappa shape index (κ1) is 18.1. The molecular formula is C15H20O7S. The minimum atomic E-state index is -1.29. The van der Waals surface area contributed by atoms with Gasteiger partial charge < -0.3 is 34.3 Å². The van der Waals surface area contributed by atoms with E-state index in [2.05, 4.69) is 0 Å². The van der Waals surface area contributed by atoms with Crippen LogP contribution in [0, 0.1) is 0 Å². The summed E-state index contributed by atoms with van der Waals surface area (Å²) in [5.74, 6) is 0.466. The molecule has 0 spiro atoms. The molecule has 1 aromatic rings. The summed E-state index contributed by atoms with van der Waals surface area (Å²) in [5, 5.41) is 29.4.